The summed E-state index contributed by atoms with van der Waals surface area (Å²) in [5, 5.41) is 1.11. The van der Waals surface area contributed by atoms with Crippen molar-refractivity contribution < 1.29 is 0 Å². The number of aromatic nitrogens is 1. The molecule has 2 aromatic rings. The fraction of sp³-hybridized carbons (Fsp3) is 0.100. The molecule has 1 N–H and O–H groups in total. The van der Waals surface area contributed by atoms with Gasteiger partial charge in [-0.3, -0.25) is 0 Å². The molecule has 1 aromatic heterocycles. The second kappa shape index (κ2) is 3.36. The van der Waals surface area contributed by atoms with Gasteiger partial charge in [-0.2, -0.15) is 0 Å². The van der Waals surface area contributed by atoms with Gasteiger partial charge in [0.1, 0.15) is 0 Å². The van der Waals surface area contributed by atoms with Gasteiger partial charge in [0.25, 0.3) is 0 Å². The number of hydrogen-bond acceptors (Lipinski definition) is 1. The average Bonchev–Trinajstić information content (AvgIpc) is 2.17. The third-order valence-electron chi connectivity index (χ3n) is 1.94. The molecule has 3 heteroatoms. The number of rotatable bonds is 1. The van der Waals surface area contributed by atoms with E-state index in [0.29, 0.717) is 0 Å². The molecule has 1 heterocycles. The summed E-state index contributed by atoms with van der Waals surface area (Å²) in [6, 6.07) is 9.82. The summed E-state index contributed by atoms with van der Waals surface area (Å²) in [5.41, 5.74) is 0.974. The van der Waals surface area contributed by atoms with Gasteiger partial charge >= 0.3 is 81.8 Å². The van der Waals surface area contributed by atoms with E-state index in [0.717, 1.165) is 15.4 Å². The van der Waals surface area contributed by atoms with Gasteiger partial charge in [0.15, 0.2) is 0 Å². The predicted molar refractivity (Wildman–Crippen MR) is 55.8 cm³/mol. The Bertz CT molecular complexity index is 489. The fourth-order valence-electron chi connectivity index (χ4n) is 1.28. The van der Waals surface area contributed by atoms with Crippen molar-refractivity contribution in [1.82, 2.24) is 4.98 Å². The topological polar surface area (TPSA) is 32.9 Å². The summed E-state index contributed by atoms with van der Waals surface area (Å²) in [4.78, 5) is 14.3. The molecule has 66 valence electrons. The molecule has 0 aliphatic heterocycles. The van der Waals surface area contributed by atoms with Gasteiger partial charge in [0.2, 0.25) is 0 Å². The Labute approximate surface area is 82.1 Å². The zero-order valence-electron chi connectivity index (χ0n) is 7.20. The zero-order chi connectivity index (χ0) is 9.26. The molecular weight excluding hydrogens is 229 g/mol. The van der Waals surface area contributed by atoms with Crippen LogP contribution < -0.4 is 10.0 Å². The Kier molecular flexibility index (Phi) is 2.21. The summed E-state index contributed by atoms with van der Waals surface area (Å²) in [6.07, 6.45) is 0. The third kappa shape index (κ3) is 1.53. The standard InChI is InChI=1S/C10H9NOSe/c1-13-9-6-7-4-2-3-5-8(7)11-10(9)12/h2-6H,1H3,(H,11,12). The Morgan fingerprint density at radius 3 is 2.85 bits per heavy atom. The first kappa shape index (κ1) is 8.54. The zero-order valence-corrected chi connectivity index (χ0v) is 8.92. The Morgan fingerprint density at radius 1 is 1.31 bits per heavy atom. The molecule has 0 fully saturated rings. The van der Waals surface area contributed by atoms with Crippen LogP contribution in [0.1, 0.15) is 0 Å². The van der Waals surface area contributed by atoms with Crippen LogP contribution in [-0.4, -0.2) is 19.9 Å². The van der Waals surface area contributed by atoms with Crippen molar-refractivity contribution >= 4 is 30.3 Å². The van der Waals surface area contributed by atoms with Crippen LogP contribution in [0.3, 0.4) is 0 Å². The average molecular weight is 238 g/mol. The molecule has 1 aromatic carbocycles. The van der Waals surface area contributed by atoms with Crippen molar-refractivity contribution in [3.8, 4) is 0 Å². The molecule has 0 spiro atoms. The summed E-state index contributed by atoms with van der Waals surface area (Å²) in [5.74, 6) is 2.05. The maximum absolute atomic E-state index is 11.4. The van der Waals surface area contributed by atoms with Gasteiger partial charge in [-0.25, -0.2) is 0 Å². The monoisotopic (exact) mass is 239 g/mol. The molecule has 0 unspecified atom stereocenters. The Balaban J connectivity index is 2.81. The Morgan fingerprint density at radius 2 is 2.08 bits per heavy atom. The molecule has 0 saturated carbocycles. The van der Waals surface area contributed by atoms with Crippen molar-refractivity contribution in [2.75, 3.05) is 0 Å². The van der Waals surface area contributed by atoms with E-state index in [1.165, 1.54) is 0 Å². The van der Waals surface area contributed by atoms with Gasteiger partial charge in [0.05, 0.1) is 0 Å². The van der Waals surface area contributed by atoms with Gasteiger partial charge < -0.3 is 0 Å². The minimum atomic E-state index is 0.0567. The maximum atomic E-state index is 11.4. The summed E-state index contributed by atoms with van der Waals surface area (Å²) in [7, 11) is 0. The van der Waals surface area contributed by atoms with Crippen molar-refractivity contribution in [1.29, 1.82) is 0 Å². The summed E-state index contributed by atoms with van der Waals surface area (Å²) < 4.78 is 0.909. The van der Waals surface area contributed by atoms with Crippen molar-refractivity contribution in [3.05, 3.63) is 40.7 Å². The number of pyridine rings is 1. The van der Waals surface area contributed by atoms with E-state index in [4.69, 9.17) is 0 Å². The van der Waals surface area contributed by atoms with Crippen LogP contribution in [0.4, 0.5) is 0 Å². The first-order valence-electron chi connectivity index (χ1n) is 3.97. The van der Waals surface area contributed by atoms with E-state index in [1.54, 1.807) is 0 Å². The van der Waals surface area contributed by atoms with Crippen molar-refractivity contribution in [3.63, 3.8) is 0 Å². The molecule has 0 aliphatic carbocycles. The number of benzene rings is 1. The van der Waals surface area contributed by atoms with Crippen LogP contribution in [0.2, 0.25) is 5.82 Å². The van der Waals surface area contributed by atoms with Crippen LogP contribution in [0.5, 0.6) is 0 Å². The molecule has 0 aliphatic rings. The van der Waals surface area contributed by atoms with Gasteiger partial charge in [0, 0.05) is 0 Å². The van der Waals surface area contributed by atoms with E-state index >= 15 is 0 Å². The predicted octanol–water partition coefficient (Wildman–Crippen LogP) is 0.906. The number of fused-ring (bicyclic) bond motifs is 1. The van der Waals surface area contributed by atoms with E-state index in [9.17, 15) is 4.79 Å². The molecular formula is C10H9NOSe. The summed E-state index contributed by atoms with van der Waals surface area (Å²) in [6.45, 7) is 0. The van der Waals surface area contributed by atoms with Crippen LogP contribution in [-0.2, 0) is 0 Å². The summed E-state index contributed by atoms with van der Waals surface area (Å²) >= 11 is 0.262. The normalized spacial score (nSPS) is 10.5. The molecule has 0 saturated heterocycles. The number of para-hydroxylation sites is 1. The second-order valence-electron chi connectivity index (χ2n) is 2.75. The van der Waals surface area contributed by atoms with E-state index in [-0.39, 0.29) is 20.5 Å². The first-order chi connectivity index (χ1) is 6.31. The molecule has 2 rings (SSSR count). The van der Waals surface area contributed by atoms with Crippen molar-refractivity contribution in [2.24, 2.45) is 0 Å². The minimum absolute atomic E-state index is 0.0567. The van der Waals surface area contributed by atoms with E-state index in [1.807, 2.05) is 36.2 Å². The molecule has 0 amide bonds. The van der Waals surface area contributed by atoms with E-state index < -0.39 is 0 Å². The van der Waals surface area contributed by atoms with Gasteiger partial charge in [-0.15, -0.1) is 0 Å². The van der Waals surface area contributed by atoms with Crippen LogP contribution in [0.25, 0.3) is 10.9 Å². The molecule has 0 atom stereocenters. The van der Waals surface area contributed by atoms with Crippen LogP contribution in [0.15, 0.2) is 35.1 Å². The van der Waals surface area contributed by atoms with E-state index in [2.05, 4.69) is 4.98 Å². The quantitative estimate of drug-likeness (QED) is 0.736. The van der Waals surface area contributed by atoms with Crippen molar-refractivity contribution in [2.45, 2.75) is 5.82 Å². The second-order valence-corrected chi connectivity index (χ2v) is 4.53. The number of aromatic amines is 1. The Hall–Kier alpha value is -1.05. The van der Waals surface area contributed by atoms with Crippen LogP contribution in [0, 0.1) is 0 Å². The number of H-pyrrole nitrogens is 1. The molecule has 0 radical (unpaired) electrons. The third-order valence-corrected chi connectivity index (χ3v) is 3.50. The molecule has 2 nitrogen and oxygen atoms in total. The molecule has 13 heavy (non-hydrogen) atoms. The first-order valence-corrected chi connectivity index (χ1v) is 6.54. The SMILES string of the molecule is C[Se]c1cc2ccccc2[nH]c1=O. The van der Waals surface area contributed by atoms with Gasteiger partial charge in [-0.1, -0.05) is 0 Å². The fourth-order valence-corrected chi connectivity index (χ4v) is 2.29. The number of hydrogen-bond donors (Lipinski definition) is 1. The number of nitrogens with one attached hydrogen (secondary N) is 1. The van der Waals surface area contributed by atoms with Crippen LogP contribution >= 0.6 is 0 Å². The molecule has 0 bridgehead atoms. The van der Waals surface area contributed by atoms with Gasteiger partial charge in [-0.05, 0) is 0 Å².